The van der Waals surface area contributed by atoms with Gasteiger partial charge in [0, 0.05) is 0 Å². The molecule has 0 bridgehead atoms. The number of para-hydroxylation sites is 2. The Bertz CT molecular complexity index is 657. The van der Waals surface area contributed by atoms with Crippen molar-refractivity contribution in [2.75, 3.05) is 10.6 Å². The van der Waals surface area contributed by atoms with Crippen molar-refractivity contribution in [1.29, 1.82) is 0 Å². The van der Waals surface area contributed by atoms with Crippen LogP contribution in [0.1, 0.15) is 0 Å². The SMILES string of the molecule is O=C1C[Te]c2ccccc2N1.O=C1C[Te]c2ccccc2N1. The molecule has 2 aromatic rings. The Balaban J connectivity index is 0.000000131. The van der Waals surface area contributed by atoms with Gasteiger partial charge in [0.05, 0.1) is 0 Å². The van der Waals surface area contributed by atoms with Gasteiger partial charge in [0.1, 0.15) is 0 Å². The van der Waals surface area contributed by atoms with E-state index in [0.717, 1.165) is 20.3 Å². The molecule has 4 nitrogen and oxygen atoms in total. The molecule has 2 aromatic carbocycles. The number of carbonyl (C=O) groups is 2. The Morgan fingerprint density at radius 3 is 1.55 bits per heavy atom. The summed E-state index contributed by atoms with van der Waals surface area (Å²) in [6.45, 7) is 0. The Labute approximate surface area is 149 Å². The second kappa shape index (κ2) is 7.49. The number of rotatable bonds is 0. The third kappa shape index (κ3) is 4.03. The number of hydrogen-bond acceptors (Lipinski definition) is 2. The third-order valence-corrected chi connectivity index (χ3v) is 9.17. The second-order valence-electron chi connectivity index (χ2n) is 4.67. The van der Waals surface area contributed by atoms with Gasteiger partial charge in [-0.05, 0) is 0 Å². The van der Waals surface area contributed by atoms with Crippen molar-refractivity contribution in [1.82, 2.24) is 0 Å². The number of hydrogen-bond donors (Lipinski definition) is 2. The molecule has 0 aliphatic carbocycles. The van der Waals surface area contributed by atoms with Crippen LogP contribution in [-0.2, 0) is 9.59 Å². The van der Waals surface area contributed by atoms with E-state index in [1.54, 1.807) is 0 Å². The standard InChI is InChI=1S/2C8H7NOTe/c2*10-8-5-11-7-4-2-1-3-6(7)9-8/h2*1-4H,5H2,(H,9,10). The number of nitrogens with one attached hydrogen (secondary N) is 2. The molecule has 6 heteroatoms. The van der Waals surface area contributed by atoms with Crippen LogP contribution in [0.4, 0.5) is 11.4 Å². The molecule has 0 saturated carbocycles. The van der Waals surface area contributed by atoms with E-state index in [4.69, 9.17) is 0 Å². The van der Waals surface area contributed by atoms with Crippen molar-refractivity contribution in [3.63, 3.8) is 0 Å². The second-order valence-corrected chi connectivity index (χ2v) is 10.5. The van der Waals surface area contributed by atoms with Gasteiger partial charge in [-0.15, -0.1) is 0 Å². The molecular weight excluding hydrogens is 507 g/mol. The number of benzene rings is 2. The van der Waals surface area contributed by atoms with Gasteiger partial charge < -0.3 is 0 Å². The zero-order chi connectivity index (χ0) is 15.4. The molecule has 2 amide bonds. The average molecular weight is 522 g/mol. The van der Waals surface area contributed by atoms with Crippen LogP contribution >= 0.6 is 0 Å². The minimum atomic E-state index is -0.227. The van der Waals surface area contributed by atoms with Gasteiger partial charge in [-0.2, -0.15) is 0 Å². The maximum absolute atomic E-state index is 10.9. The summed E-state index contributed by atoms with van der Waals surface area (Å²) < 4.78 is 4.25. The minimum absolute atomic E-state index is 0.186. The molecule has 0 aromatic heterocycles. The topological polar surface area (TPSA) is 58.2 Å². The fourth-order valence-corrected chi connectivity index (χ4v) is 6.66. The number of anilines is 2. The normalized spacial score (nSPS) is 15.5. The quantitative estimate of drug-likeness (QED) is 0.504. The van der Waals surface area contributed by atoms with Crippen molar-refractivity contribution in [3.05, 3.63) is 48.5 Å². The molecule has 22 heavy (non-hydrogen) atoms. The van der Waals surface area contributed by atoms with E-state index in [1.807, 2.05) is 36.4 Å². The zero-order valence-electron chi connectivity index (χ0n) is 11.7. The summed E-state index contributed by atoms with van der Waals surface area (Å²) in [6.07, 6.45) is 0. The molecule has 0 spiro atoms. The fraction of sp³-hybridized carbons (Fsp3) is 0.125. The molecule has 0 radical (unpaired) electrons. The Morgan fingerprint density at radius 2 is 1.09 bits per heavy atom. The summed E-state index contributed by atoms with van der Waals surface area (Å²) in [7, 11) is 0. The van der Waals surface area contributed by atoms with Gasteiger partial charge in [-0.3, -0.25) is 0 Å². The fourth-order valence-electron chi connectivity index (χ4n) is 2.05. The van der Waals surface area contributed by atoms with Crippen LogP contribution in [0.2, 0.25) is 8.94 Å². The van der Waals surface area contributed by atoms with E-state index >= 15 is 0 Å². The monoisotopic (exact) mass is 526 g/mol. The Kier molecular flexibility index (Phi) is 5.39. The number of amides is 2. The summed E-state index contributed by atoms with van der Waals surface area (Å²) in [5.74, 6) is 0.372. The van der Waals surface area contributed by atoms with Gasteiger partial charge in [0.15, 0.2) is 0 Å². The van der Waals surface area contributed by atoms with E-state index in [2.05, 4.69) is 22.8 Å². The first-order valence-electron chi connectivity index (χ1n) is 6.76. The summed E-state index contributed by atoms with van der Waals surface area (Å²) in [6, 6.07) is 16.1. The number of fused-ring (bicyclic) bond motifs is 2. The van der Waals surface area contributed by atoms with Crippen LogP contribution in [0.5, 0.6) is 0 Å². The van der Waals surface area contributed by atoms with E-state index < -0.39 is 0 Å². The molecule has 0 atom stereocenters. The predicted octanol–water partition coefficient (Wildman–Crippen LogP) is 0.773. The van der Waals surface area contributed by atoms with Crippen LogP contribution < -0.4 is 17.9 Å². The molecule has 0 fully saturated rings. The van der Waals surface area contributed by atoms with Crippen molar-refractivity contribution in [2.45, 2.75) is 8.94 Å². The van der Waals surface area contributed by atoms with E-state index in [9.17, 15) is 9.59 Å². The van der Waals surface area contributed by atoms with E-state index in [1.165, 1.54) is 7.22 Å². The molecule has 2 aliphatic rings. The molecule has 112 valence electrons. The Morgan fingerprint density at radius 1 is 0.682 bits per heavy atom. The van der Waals surface area contributed by atoms with Gasteiger partial charge in [0.25, 0.3) is 0 Å². The van der Waals surface area contributed by atoms with Crippen LogP contribution in [0.25, 0.3) is 0 Å². The van der Waals surface area contributed by atoms with Crippen molar-refractivity contribution in [3.8, 4) is 0 Å². The zero-order valence-corrected chi connectivity index (χ0v) is 16.3. The van der Waals surface area contributed by atoms with Crippen molar-refractivity contribution >= 4 is 72.3 Å². The van der Waals surface area contributed by atoms with Crippen LogP contribution in [0, 0.1) is 0 Å². The molecular formula is C16H14N2O2Te2. The van der Waals surface area contributed by atoms with Gasteiger partial charge in [-0.1, -0.05) is 0 Å². The molecule has 0 unspecified atom stereocenters. The van der Waals surface area contributed by atoms with Gasteiger partial charge >= 0.3 is 150 Å². The molecule has 0 saturated heterocycles. The first-order valence-corrected chi connectivity index (χ1v) is 12.4. The third-order valence-electron chi connectivity index (χ3n) is 3.04. The molecule has 2 aliphatic heterocycles. The average Bonchev–Trinajstić information content (AvgIpc) is 2.55. The van der Waals surface area contributed by atoms with Crippen molar-refractivity contribution < 1.29 is 9.59 Å². The van der Waals surface area contributed by atoms with E-state index in [-0.39, 0.29) is 53.7 Å². The first kappa shape index (κ1) is 15.8. The van der Waals surface area contributed by atoms with Crippen molar-refractivity contribution in [2.24, 2.45) is 0 Å². The Hall–Kier alpha value is -1.04. The summed E-state index contributed by atoms with van der Waals surface area (Å²) in [5.41, 5.74) is 2.07. The summed E-state index contributed by atoms with van der Waals surface area (Å²) in [4.78, 5) is 21.9. The van der Waals surface area contributed by atoms with Gasteiger partial charge in [-0.25, -0.2) is 0 Å². The van der Waals surface area contributed by atoms with Crippen LogP contribution in [0.3, 0.4) is 0 Å². The van der Waals surface area contributed by atoms with Crippen LogP contribution in [-0.4, -0.2) is 53.7 Å². The molecule has 2 N–H and O–H groups in total. The van der Waals surface area contributed by atoms with E-state index in [0.29, 0.717) is 0 Å². The molecule has 4 rings (SSSR count). The summed E-state index contributed by atoms with van der Waals surface area (Å²) >= 11 is -0.454. The summed E-state index contributed by atoms with van der Waals surface area (Å²) in [5, 5.41) is 5.71. The van der Waals surface area contributed by atoms with Gasteiger partial charge in [0.2, 0.25) is 0 Å². The van der Waals surface area contributed by atoms with Crippen LogP contribution in [0.15, 0.2) is 48.5 Å². The maximum atomic E-state index is 10.9. The predicted molar refractivity (Wildman–Crippen MR) is 90.5 cm³/mol. The first-order chi connectivity index (χ1) is 10.7. The number of carbonyl (C=O) groups excluding carboxylic acids is 2. The molecule has 2 heterocycles.